The van der Waals surface area contributed by atoms with Crippen LogP contribution < -0.4 is 0 Å². The second-order valence-corrected chi connectivity index (χ2v) is 5.48. The summed E-state index contributed by atoms with van der Waals surface area (Å²) in [6, 6.07) is 0. The fraction of sp³-hybridized carbons (Fsp3) is 0.692. The second kappa shape index (κ2) is 5.13. The van der Waals surface area contributed by atoms with Gasteiger partial charge >= 0.3 is 0 Å². The lowest BCUT2D eigenvalue weighted by molar-refractivity contribution is 0.579. The summed E-state index contributed by atoms with van der Waals surface area (Å²) in [4.78, 5) is 8.80. The number of alkyl halides is 1. The average molecular weight is 239 g/mol. The first kappa shape index (κ1) is 11.8. The molecule has 0 bridgehead atoms. The molecule has 0 N–H and O–H groups in total. The molecule has 0 radical (unpaired) electrons. The Kier molecular flexibility index (Phi) is 3.80. The van der Waals surface area contributed by atoms with Crippen LogP contribution in [0.15, 0.2) is 6.33 Å². The average Bonchev–Trinajstić information content (AvgIpc) is 2.29. The number of rotatable bonds is 3. The minimum absolute atomic E-state index is 0.181. The van der Waals surface area contributed by atoms with Gasteiger partial charge in [0, 0.05) is 23.2 Å². The van der Waals surface area contributed by atoms with Crippen molar-refractivity contribution in [1.29, 1.82) is 0 Å². The van der Waals surface area contributed by atoms with Gasteiger partial charge in [-0.25, -0.2) is 9.97 Å². The molecule has 0 aromatic carbocycles. The predicted octanol–water partition coefficient (Wildman–Crippen LogP) is 3.16. The Morgan fingerprint density at radius 2 is 2.00 bits per heavy atom. The largest absolute Gasteiger partial charge is 0.241 e. The standard InChI is InChI=1S/C13H19ClN2/c1-9(2)11(14)7-13-10-5-3-4-6-12(10)15-8-16-13/h8-9,11H,3-7H2,1-2H3. The first-order valence-corrected chi connectivity index (χ1v) is 6.58. The molecule has 1 atom stereocenters. The Bertz CT molecular complexity index is 363. The Hall–Kier alpha value is -0.630. The maximum atomic E-state index is 6.33. The molecule has 0 aliphatic heterocycles. The van der Waals surface area contributed by atoms with Crippen LogP contribution in [0.3, 0.4) is 0 Å². The lowest BCUT2D eigenvalue weighted by Crippen LogP contribution is -2.17. The Morgan fingerprint density at radius 3 is 2.75 bits per heavy atom. The van der Waals surface area contributed by atoms with E-state index < -0.39 is 0 Å². The summed E-state index contributed by atoms with van der Waals surface area (Å²) >= 11 is 6.33. The topological polar surface area (TPSA) is 25.8 Å². The van der Waals surface area contributed by atoms with Crippen molar-refractivity contribution in [2.45, 2.75) is 51.3 Å². The minimum atomic E-state index is 0.181. The van der Waals surface area contributed by atoms with Crippen molar-refractivity contribution in [3.63, 3.8) is 0 Å². The van der Waals surface area contributed by atoms with Crippen LogP contribution in [0, 0.1) is 5.92 Å². The molecule has 1 aromatic heterocycles. The van der Waals surface area contributed by atoms with Crippen LogP contribution in [0.1, 0.15) is 43.6 Å². The summed E-state index contributed by atoms with van der Waals surface area (Å²) in [5, 5.41) is 0.181. The molecule has 0 spiro atoms. The van der Waals surface area contributed by atoms with Crippen molar-refractivity contribution in [3.8, 4) is 0 Å². The van der Waals surface area contributed by atoms with Crippen molar-refractivity contribution in [1.82, 2.24) is 9.97 Å². The minimum Gasteiger partial charge on any atom is -0.241 e. The van der Waals surface area contributed by atoms with Crippen molar-refractivity contribution in [2.75, 3.05) is 0 Å². The lowest BCUT2D eigenvalue weighted by Gasteiger charge is -2.19. The number of aryl methyl sites for hydroxylation is 1. The fourth-order valence-corrected chi connectivity index (χ4v) is 2.33. The molecule has 88 valence electrons. The summed E-state index contributed by atoms with van der Waals surface area (Å²) in [7, 11) is 0. The molecule has 1 heterocycles. The van der Waals surface area contributed by atoms with Crippen LogP contribution in [0.5, 0.6) is 0 Å². The molecule has 1 aliphatic rings. The lowest BCUT2D eigenvalue weighted by atomic mass is 9.92. The number of hydrogen-bond acceptors (Lipinski definition) is 2. The van der Waals surface area contributed by atoms with E-state index in [-0.39, 0.29) is 5.38 Å². The van der Waals surface area contributed by atoms with E-state index in [9.17, 15) is 0 Å². The van der Waals surface area contributed by atoms with E-state index >= 15 is 0 Å². The normalized spacial score (nSPS) is 17.2. The van der Waals surface area contributed by atoms with Gasteiger partial charge in [-0.05, 0) is 37.2 Å². The Morgan fingerprint density at radius 1 is 1.25 bits per heavy atom. The number of halogens is 1. The molecule has 2 nitrogen and oxygen atoms in total. The molecule has 0 saturated carbocycles. The van der Waals surface area contributed by atoms with E-state index in [4.69, 9.17) is 11.6 Å². The van der Waals surface area contributed by atoms with Gasteiger partial charge in [0.15, 0.2) is 0 Å². The third kappa shape index (κ3) is 2.54. The molecule has 1 unspecified atom stereocenters. The van der Waals surface area contributed by atoms with Crippen LogP contribution in [0.25, 0.3) is 0 Å². The van der Waals surface area contributed by atoms with Gasteiger partial charge in [-0.1, -0.05) is 13.8 Å². The zero-order valence-corrected chi connectivity index (χ0v) is 10.8. The first-order chi connectivity index (χ1) is 7.68. The molecule has 16 heavy (non-hydrogen) atoms. The number of fused-ring (bicyclic) bond motifs is 1. The molecule has 0 amide bonds. The zero-order valence-electron chi connectivity index (χ0n) is 10.0. The highest BCUT2D eigenvalue weighted by molar-refractivity contribution is 6.20. The van der Waals surface area contributed by atoms with Gasteiger partial charge in [0.1, 0.15) is 6.33 Å². The van der Waals surface area contributed by atoms with Crippen LogP contribution in [0.2, 0.25) is 0 Å². The van der Waals surface area contributed by atoms with E-state index in [0.717, 1.165) is 19.3 Å². The number of hydrogen-bond donors (Lipinski definition) is 0. The highest BCUT2D eigenvalue weighted by Gasteiger charge is 2.18. The highest BCUT2D eigenvalue weighted by atomic mass is 35.5. The predicted molar refractivity (Wildman–Crippen MR) is 66.9 cm³/mol. The van der Waals surface area contributed by atoms with E-state index in [0.29, 0.717) is 5.92 Å². The van der Waals surface area contributed by atoms with Gasteiger partial charge in [-0.3, -0.25) is 0 Å². The number of aromatic nitrogens is 2. The molecule has 2 rings (SSSR count). The third-order valence-corrected chi connectivity index (χ3v) is 3.98. The van der Waals surface area contributed by atoms with Crippen molar-refractivity contribution in [3.05, 3.63) is 23.3 Å². The third-order valence-electron chi connectivity index (χ3n) is 3.33. The van der Waals surface area contributed by atoms with Crippen LogP contribution in [0.4, 0.5) is 0 Å². The van der Waals surface area contributed by atoms with Crippen LogP contribution in [-0.4, -0.2) is 15.3 Å². The zero-order chi connectivity index (χ0) is 11.5. The molecule has 1 aromatic rings. The second-order valence-electron chi connectivity index (χ2n) is 4.92. The van der Waals surface area contributed by atoms with E-state index in [1.165, 1.54) is 29.8 Å². The van der Waals surface area contributed by atoms with Gasteiger partial charge in [-0.15, -0.1) is 11.6 Å². The van der Waals surface area contributed by atoms with Gasteiger partial charge in [0.05, 0.1) is 0 Å². The molecular weight excluding hydrogens is 220 g/mol. The maximum Gasteiger partial charge on any atom is 0.115 e. The SMILES string of the molecule is CC(C)C(Cl)Cc1ncnc2c1CCCC2. The van der Waals surface area contributed by atoms with Crippen LogP contribution >= 0.6 is 11.6 Å². The molecule has 0 fully saturated rings. The summed E-state index contributed by atoms with van der Waals surface area (Å²) < 4.78 is 0. The number of nitrogens with zero attached hydrogens (tertiary/aromatic N) is 2. The van der Waals surface area contributed by atoms with E-state index in [2.05, 4.69) is 23.8 Å². The molecular formula is C13H19ClN2. The van der Waals surface area contributed by atoms with Crippen molar-refractivity contribution >= 4 is 11.6 Å². The fourth-order valence-electron chi connectivity index (χ4n) is 2.19. The van der Waals surface area contributed by atoms with Gasteiger partial charge in [-0.2, -0.15) is 0 Å². The monoisotopic (exact) mass is 238 g/mol. The summed E-state index contributed by atoms with van der Waals surface area (Å²) in [6.45, 7) is 4.32. The van der Waals surface area contributed by atoms with Gasteiger partial charge in [0.25, 0.3) is 0 Å². The smallest absolute Gasteiger partial charge is 0.115 e. The van der Waals surface area contributed by atoms with Gasteiger partial charge in [0.2, 0.25) is 0 Å². The maximum absolute atomic E-state index is 6.33. The Balaban J connectivity index is 2.20. The molecule has 0 saturated heterocycles. The van der Waals surface area contributed by atoms with Crippen molar-refractivity contribution < 1.29 is 0 Å². The van der Waals surface area contributed by atoms with Crippen molar-refractivity contribution in [2.24, 2.45) is 5.92 Å². The van der Waals surface area contributed by atoms with E-state index in [1.54, 1.807) is 6.33 Å². The Labute approximate surface area is 102 Å². The van der Waals surface area contributed by atoms with E-state index in [1.807, 2.05) is 0 Å². The highest BCUT2D eigenvalue weighted by Crippen LogP contribution is 2.24. The molecule has 3 heteroatoms. The summed E-state index contributed by atoms with van der Waals surface area (Å²) in [5.74, 6) is 0.496. The first-order valence-electron chi connectivity index (χ1n) is 6.14. The van der Waals surface area contributed by atoms with Gasteiger partial charge < -0.3 is 0 Å². The summed E-state index contributed by atoms with van der Waals surface area (Å²) in [5.41, 5.74) is 3.81. The quantitative estimate of drug-likeness (QED) is 0.756. The van der Waals surface area contributed by atoms with Crippen LogP contribution in [-0.2, 0) is 19.3 Å². The molecule has 1 aliphatic carbocycles. The summed E-state index contributed by atoms with van der Waals surface area (Å²) in [6.07, 6.45) is 7.35.